The van der Waals surface area contributed by atoms with Gasteiger partial charge in [-0.3, -0.25) is 9.59 Å². The van der Waals surface area contributed by atoms with Crippen LogP contribution in [0.2, 0.25) is 0 Å². The lowest BCUT2D eigenvalue weighted by atomic mass is 9.94. The lowest BCUT2D eigenvalue weighted by Gasteiger charge is -2.36. The summed E-state index contributed by atoms with van der Waals surface area (Å²) in [6.07, 6.45) is 1.98. The Morgan fingerprint density at radius 2 is 1.95 bits per heavy atom. The number of nitrogens with zero attached hydrogens (tertiary/aromatic N) is 2. The predicted octanol–water partition coefficient (Wildman–Crippen LogP) is 1.78. The average Bonchev–Trinajstić information content (AvgIpc) is 2.81. The number of amides is 2. The van der Waals surface area contributed by atoms with E-state index >= 15 is 0 Å². The number of aryl methyl sites for hydroxylation is 1. The Kier molecular flexibility index (Phi) is 3.81. The van der Waals surface area contributed by atoms with E-state index in [-0.39, 0.29) is 23.6 Å². The summed E-state index contributed by atoms with van der Waals surface area (Å²) in [5.41, 5.74) is 1.07. The van der Waals surface area contributed by atoms with Crippen molar-refractivity contribution in [2.24, 2.45) is 5.92 Å². The highest BCUT2D eigenvalue weighted by atomic mass is 16.3. The van der Waals surface area contributed by atoms with Gasteiger partial charge in [0.2, 0.25) is 5.91 Å². The Balaban J connectivity index is 1.87. The molecule has 2 bridgehead atoms. The molecule has 1 aromatic carbocycles. The van der Waals surface area contributed by atoms with Crippen LogP contribution in [0.4, 0.5) is 0 Å². The summed E-state index contributed by atoms with van der Waals surface area (Å²) in [6, 6.07) is 5.31. The van der Waals surface area contributed by atoms with Gasteiger partial charge < -0.3 is 14.9 Å². The number of hydrogen-bond acceptors (Lipinski definition) is 3. The van der Waals surface area contributed by atoms with E-state index in [1.807, 2.05) is 9.80 Å². The van der Waals surface area contributed by atoms with E-state index in [1.165, 1.54) is 0 Å². The van der Waals surface area contributed by atoms with Gasteiger partial charge in [0.05, 0.1) is 5.56 Å². The van der Waals surface area contributed by atoms with E-state index in [2.05, 4.69) is 0 Å². The summed E-state index contributed by atoms with van der Waals surface area (Å²) in [4.78, 5) is 28.3. The topological polar surface area (TPSA) is 60.9 Å². The summed E-state index contributed by atoms with van der Waals surface area (Å²) in [5.74, 6) is 0.348. The van der Waals surface area contributed by atoms with Crippen molar-refractivity contribution in [3.63, 3.8) is 0 Å². The Labute approximate surface area is 130 Å². The third-order valence-electron chi connectivity index (χ3n) is 4.89. The summed E-state index contributed by atoms with van der Waals surface area (Å²) in [7, 11) is 0. The smallest absolute Gasteiger partial charge is 0.257 e. The number of phenolic OH excluding ortho intramolecular Hbond substituents is 1. The quantitative estimate of drug-likeness (QED) is 0.860. The number of fused-ring (bicyclic) bond motifs is 4. The van der Waals surface area contributed by atoms with Gasteiger partial charge in [-0.1, -0.05) is 12.1 Å². The Morgan fingerprint density at radius 1 is 1.18 bits per heavy atom. The standard InChI is InChI=1S/C17H22N2O3/c1-11-4-3-5-15(16(11)21)17(22)19-9-13-6-7-14(19)10-18(8-13)12(2)20/h3-5,13-14,21H,6-10H2,1-2H3/t13-,14+/m0/s1. The van der Waals surface area contributed by atoms with Crippen LogP contribution in [-0.4, -0.2) is 52.4 Å². The van der Waals surface area contributed by atoms with Crippen LogP contribution in [0.15, 0.2) is 18.2 Å². The lowest BCUT2D eigenvalue weighted by Crippen LogP contribution is -2.47. The monoisotopic (exact) mass is 302 g/mol. The van der Waals surface area contributed by atoms with E-state index in [4.69, 9.17) is 0 Å². The summed E-state index contributed by atoms with van der Waals surface area (Å²) < 4.78 is 0. The van der Waals surface area contributed by atoms with Crippen LogP contribution in [0.3, 0.4) is 0 Å². The van der Waals surface area contributed by atoms with Crippen LogP contribution in [0.1, 0.15) is 35.7 Å². The average molecular weight is 302 g/mol. The molecular weight excluding hydrogens is 280 g/mol. The SMILES string of the molecule is CC(=O)N1C[C@@H]2CC[C@H](C1)N(C(=O)c1cccc(C)c1O)C2. The number of phenols is 1. The zero-order chi connectivity index (χ0) is 15.9. The molecule has 0 spiro atoms. The van der Waals surface area contributed by atoms with Gasteiger partial charge in [-0.15, -0.1) is 0 Å². The minimum Gasteiger partial charge on any atom is -0.507 e. The summed E-state index contributed by atoms with van der Waals surface area (Å²) in [5, 5.41) is 10.2. The fraction of sp³-hybridized carbons (Fsp3) is 0.529. The number of benzene rings is 1. The van der Waals surface area contributed by atoms with Gasteiger partial charge in [-0.05, 0) is 37.3 Å². The number of carbonyl (C=O) groups excluding carboxylic acids is 2. The fourth-order valence-electron chi connectivity index (χ4n) is 3.57. The van der Waals surface area contributed by atoms with E-state index in [0.29, 0.717) is 30.1 Å². The first-order valence-electron chi connectivity index (χ1n) is 7.82. The third-order valence-corrected chi connectivity index (χ3v) is 4.89. The van der Waals surface area contributed by atoms with Crippen LogP contribution in [0.25, 0.3) is 0 Å². The minimum atomic E-state index is -0.124. The predicted molar refractivity (Wildman–Crippen MR) is 82.6 cm³/mol. The highest BCUT2D eigenvalue weighted by molar-refractivity contribution is 5.97. The van der Waals surface area contributed by atoms with Crippen molar-refractivity contribution in [1.29, 1.82) is 0 Å². The van der Waals surface area contributed by atoms with Crippen LogP contribution >= 0.6 is 0 Å². The summed E-state index contributed by atoms with van der Waals surface area (Å²) >= 11 is 0. The van der Waals surface area contributed by atoms with Gasteiger partial charge in [0.1, 0.15) is 5.75 Å². The molecule has 118 valence electrons. The molecule has 3 heterocycles. The third kappa shape index (κ3) is 2.56. The van der Waals surface area contributed by atoms with Crippen molar-refractivity contribution in [1.82, 2.24) is 9.80 Å². The Bertz CT molecular complexity index is 614. The number of hydrogen-bond donors (Lipinski definition) is 1. The normalized spacial score (nSPS) is 24.3. The molecule has 1 aromatic rings. The molecule has 5 heteroatoms. The maximum atomic E-state index is 12.9. The van der Waals surface area contributed by atoms with Crippen LogP contribution in [0.5, 0.6) is 5.75 Å². The second-order valence-corrected chi connectivity index (χ2v) is 6.45. The zero-order valence-corrected chi connectivity index (χ0v) is 13.1. The van der Waals surface area contributed by atoms with E-state index < -0.39 is 0 Å². The first-order chi connectivity index (χ1) is 10.5. The molecule has 5 nitrogen and oxygen atoms in total. The van der Waals surface area contributed by atoms with Crippen LogP contribution < -0.4 is 0 Å². The number of rotatable bonds is 1. The van der Waals surface area contributed by atoms with Gasteiger partial charge in [-0.25, -0.2) is 0 Å². The second kappa shape index (κ2) is 5.63. The Hall–Kier alpha value is -2.04. The molecule has 2 atom stereocenters. The van der Waals surface area contributed by atoms with Crippen molar-refractivity contribution in [2.75, 3.05) is 19.6 Å². The van der Waals surface area contributed by atoms with Crippen molar-refractivity contribution in [3.05, 3.63) is 29.3 Å². The van der Waals surface area contributed by atoms with Crippen molar-refractivity contribution in [3.8, 4) is 5.75 Å². The molecule has 0 aromatic heterocycles. The zero-order valence-electron chi connectivity index (χ0n) is 13.1. The molecule has 0 saturated carbocycles. The van der Waals surface area contributed by atoms with Crippen LogP contribution in [-0.2, 0) is 4.79 Å². The summed E-state index contributed by atoms with van der Waals surface area (Å²) in [6.45, 7) is 5.38. The maximum Gasteiger partial charge on any atom is 0.257 e. The molecule has 2 amide bonds. The van der Waals surface area contributed by atoms with Gasteiger partial charge >= 0.3 is 0 Å². The molecule has 3 saturated heterocycles. The van der Waals surface area contributed by atoms with Crippen LogP contribution in [0, 0.1) is 12.8 Å². The molecule has 0 aliphatic carbocycles. The molecule has 0 radical (unpaired) electrons. The minimum absolute atomic E-state index is 0.0510. The molecule has 3 aliphatic rings. The largest absolute Gasteiger partial charge is 0.507 e. The van der Waals surface area contributed by atoms with Gasteiger partial charge in [-0.2, -0.15) is 0 Å². The second-order valence-electron chi connectivity index (χ2n) is 6.45. The first kappa shape index (κ1) is 14.9. The van der Waals surface area contributed by atoms with Crippen molar-refractivity contribution < 1.29 is 14.7 Å². The van der Waals surface area contributed by atoms with Gasteiger partial charge in [0.15, 0.2) is 0 Å². The van der Waals surface area contributed by atoms with E-state index in [1.54, 1.807) is 32.0 Å². The van der Waals surface area contributed by atoms with E-state index in [0.717, 1.165) is 19.4 Å². The molecule has 22 heavy (non-hydrogen) atoms. The van der Waals surface area contributed by atoms with Crippen molar-refractivity contribution in [2.45, 2.75) is 32.7 Å². The maximum absolute atomic E-state index is 12.9. The number of aromatic hydroxyl groups is 1. The Morgan fingerprint density at radius 3 is 2.68 bits per heavy atom. The number of para-hydroxylation sites is 1. The lowest BCUT2D eigenvalue weighted by molar-refractivity contribution is -0.129. The highest BCUT2D eigenvalue weighted by Gasteiger charge is 2.38. The molecular formula is C17H22N2O3. The molecule has 3 fully saturated rings. The fourth-order valence-corrected chi connectivity index (χ4v) is 3.57. The molecule has 0 unspecified atom stereocenters. The number of piperidine rings is 1. The van der Waals surface area contributed by atoms with E-state index in [9.17, 15) is 14.7 Å². The number of carbonyl (C=O) groups is 2. The van der Waals surface area contributed by atoms with Gasteiger partial charge in [0, 0.05) is 32.6 Å². The molecule has 1 N–H and O–H groups in total. The molecule has 3 aliphatic heterocycles. The first-order valence-corrected chi connectivity index (χ1v) is 7.82. The molecule has 4 rings (SSSR count). The highest BCUT2D eigenvalue weighted by Crippen LogP contribution is 2.31. The van der Waals surface area contributed by atoms with Gasteiger partial charge in [0.25, 0.3) is 5.91 Å². The van der Waals surface area contributed by atoms with Crippen molar-refractivity contribution >= 4 is 11.8 Å².